The average molecular weight is 261 g/mol. The van der Waals surface area contributed by atoms with Crippen LogP contribution in [0.5, 0.6) is 0 Å². The largest absolute Gasteiger partial charge is 0.466 e. The second kappa shape index (κ2) is 5.14. The van der Waals surface area contributed by atoms with Crippen LogP contribution in [0.2, 0.25) is 0 Å². The van der Waals surface area contributed by atoms with Gasteiger partial charge in [-0.25, -0.2) is 13.2 Å². The maximum Gasteiger partial charge on any atom is 0.330 e. The Morgan fingerprint density at radius 3 is 2.56 bits per heavy atom. The lowest BCUT2D eigenvalue weighted by atomic mass is 10.2. The quantitative estimate of drug-likeness (QED) is 0.472. The summed E-state index contributed by atoms with van der Waals surface area (Å²) in [6.45, 7) is 0. The molecule has 0 unspecified atom stereocenters. The van der Waals surface area contributed by atoms with Crippen LogP contribution >= 0.6 is 10.7 Å². The number of rotatable bonds is 3. The number of ether oxygens (including phenoxy) is 1. The molecule has 0 N–H and O–H groups in total. The van der Waals surface area contributed by atoms with Crippen LogP contribution in [-0.2, 0) is 18.6 Å². The number of halogens is 1. The molecule has 0 fully saturated rings. The van der Waals surface area contributed by atoms with E-state index in [1.807, 2.05) is 0 Å². The molecular weight excluding hydrogens is 252 g/mol. The van der Waals surface area contributed by atoms with Crippen LogP contribution in [0.4, 0.5) is 0 Å². The SMILES string of the molecule is COC(=O)C=Cc1ccccc1S(=O)(=O)Cl. The summed E-state index contributed by atoms with van der Waals surface area (Å²) in [7, 11) is 2.65. The minimum Gasteiger partial charge on any atom is -0.466 e. The molecule has 16 heavy (non-hydrogen) atoms. The first kappa shape index (κ1) is 12.7. The van der Waals surface area contributed by atoms with Crippen LogP contribution in [0.3, 0.4) is 0 Å². The van der Waals surface area contributed by atoms with Gasteiger partial charge in [-0.2, -0.15) is 0 Å². The monoisotopic (exact) mass is 260 g/mol. The van der Waals surface area contributed by atoms with E-state index in [0.29, 0.717) is 5.56 Å². The van der Waals surface area contributed by atoms with Gasteiger partial charge in [-0.15, -0.1) is 0 Å². The molecule has 0 aromatic heterocycles. The fourth-order valence-corrected chi connectivity index (χ4v) is 2.15. The molecule has 0 atom stereocenters. The van der Waals surface area contributed by atoms with Gasteiger partial charge in [0.1, 0.15) is 0 Å². The Labute approximate surface area is 97.9 Å². The number of carbonyl (C=O) groups is 1. The summed E-state index contributed by atoms with van der Waals surface area (Å²) >= 11 is 0. The number of hydrogen-bond acceptors (Lipinski definition) is 4. The van der Waals surface area contributed by atoms with E-state index in [4.69, 9.17) is 10.7 Å². The Balaban J connectivity index is 3.15. The molecule has 1 aromatic rings. The number of esters is 1. The van der Waals surface area contributed by atoms with E-state index in [1.165, 1.54) is 25.3 Å². The highest BCUT2D eigenvalue weighted by Crippen LogP contribution is 2.20. The van der Waals surface area contributed by atoms with E-state index in [2.05, 4.69) is 4.74 Å². The lowest BCUT2D eigenvalue weighted by Gasteiger charge is -2.00. The summed E-state index contributed by atoms with van der Waals surface area (Å²) in [5, 5.41) is 0. The van der Waals surface area contributed by atoms with Crippen molar-refractivity contribution in [3.8, 4) is 0 Å². The smallest absolute Gasteiger partial charge is 0.330 e. The van der Waals surface area contributed by atoms with Crippen molar-refractivity contribution in [2.45, 2.75) is 4.90 Å². The third-order valence-corrected chi connectivity index (χ3v) is 3.18. The summed E-state index contributed by atoms with van der Waals surface area (Å²) in [6.07, 6.45) is 2.46. The first-order chi connectivity index (χ1) is 7.45. The number of hydrogen-bond donors (Lipinski definition) is 0. The van der Waals surface area contributed by atoms with Crippen molar-refractivity contribution in [1.82, 2.24) is 0 Å². The lowest BCUT2D eigenvalue weighted by molar-refractivity contribution is -0.134. The van der Waals surface area contributed by atoms with Crippen LogP contribution in [0.25, 0.3) is 6.08 Å². The molecule has 0 radical (unpaired) electrons. The van der Waals surface area contributed by atoms with Crippen LogP contribution in [-0.4, -0.2) is 21.5 Å². The maximum atomic E-state index is 11.2. The number of benzene rings is 1. The first-order valence-corrected chi connectivity index (χ1v) is 6.56. The molecule has 0 aliphatic rings. The van der Waals surface area contributed by atoms with E-state index in [1.54, 1.807) is 12.1 Å². The molecule has 0 aliphatic carbocycles. The molecular formula is C10H9ClO4S. The second-order valence-corrected chi connectivity index (χ2v) is 5.37. The van der Waals surface area contributed by atoms with Crippen molar-refractivity contribution >= 4 is 31.8 Å². The van der Waals surface area contributed by atoms with Crippen LogP contribution < -0.4 is 0 Å². The Morgan fingerprint density at radius 2 is 2.00 bits per heavy atom. The third-order valence-electron chi connectivity index (χ3n) is 1.78. The zero-order chi connectivity index (χ0) is 12.2. The van der Waals surface area contributed by atoms with E-state index in [-0.39, 0.29) is 4.90 Å². The van der Waals surface area contributed by atoms with E-state index >= 15 is 0 Å². The zero-order valence-corrected chi connectivity index (χ0v) is 9.96. The van der Waals surface area contributed by atoms with Gasteiger partial charge < -0.3 is 4.74 Å². The van der Waals surface area contributed by atoms with E-state index in [0.717, 1.165) is 6.08 Å². The molecule has 1 aromatic carbocycles. The topological polar surface area (TPSA) is 60.4 Å². The van der Waals surface area contributed by atoms with Gasteiger partial charge in [0.15, 0.2) is 0 Å². The summed E-state index contributed by atoms with van der Waals surface area (Å²) in [6, 6.07) is 6.08. The molecule has 86 valence electrons. The molecule has 0 saturated heterocycles. The maximum absolute atomic E-state index is 11.2. The minimum absolute atomic E-state index is 0.0446. The predicted octanol–water partition coefficient (Wildman–Crippen LogP) is 1.80. The predicted molar refractivity (Wildman–Crippen MR) is 60.5 cm³/mol. The molecule has 0 aliphatic heterocycles. The lowest BCUT2D eigenvalue weighted by Crippen LogP contribution is -1.96. The summed E-state index contributed by atoms with van der Waals surface area (Å²) < 4.78 is 26.8. The fourth-order valence-electron chi connectivity index (χ4n) is 1.07. The number of methoxy groups -OCH3 is 1. The Morgan fingerprint density at radius 1 is 1.38 bits per heavy atom. The highest BCUT2D eigenvalue weighted by Gasteiger charge is 2.13. The van der Waals surface area contributed by atoms with Crippen molar-refractivity contribution in [2.75, 3.05) is 7.11 Å². The van der Waals surface area contributed by atoms with Gasteiger partial charge in [-0.05, 0) is 17.7 Å². The average Bonchev–Trinajstić information content (AvgIpc) is 2.25. The molecule has 0 heterocycles. The van der Waals surface area contributed by atoms with Gasteiger partial charge in [0.2, 0.25) is 0 Å². The van der Waals surface area contributed by atoms with Gasteiger partial charge in [0, 0.05) is 16.8 Å². The highest BCUT2D eigenvalue weighted by atomic mass is 35.7. The molecule has 0 spiro atoms. The van der Waals surface area contributed by atoms with Crippen molar-refractivity contribution in [3.05, 3.63) is 35.9 Å². The molecule has 6 heteroatoms. The summed E-state index contributed by atoms with van der Waals surface area (Å²) in [5.41, 5.74) is 0.336. The molecule has 0 amide bonds. The van der Waals surface area contributed by atoms with Gasteiger partial charge in [0.25, 0.3) is 9.05 Å². The molecule has 0 bridgehead atoms. The van der Waals surface area contributed by atoms with Crippen molar-refractivity contribution in [3.63, 3.8) is 0 Å². The van der Waals surface area contributed by atoms with Crippen LogP contribution in [0.15, 0.2) is 35.2 Å². The van der Waals surface area contributed by atoms with Gasteiger partial charge >= 0.3 is 5.97 Å². The summed E-state index contributed by atoms with van der Waals surface area (Å²) in [5.74, 6) is -0.568. The fraction of sp³-hybridized carbons (Fsp3) is 0.100. The van der Waals surface area contributed by atoms with Crippen LogP contribution in [0.1, 0.15) is 5.56 Å². The van der Waals surface area contributed by atoms with Crippen molar-refractivity contribution < 1.29 is 17.9 Å². The normalized spacial score (nSPS) is 11.6. The molecule has 0 saturated carbocycles. The Kier molecular flexibility index (Phi) is 4.09. The first-order valence-electron chi connectivity index (χ1n) is 4.25. The summed E-state index contributed by atoms with van der Waals surface area (Å²) in [4.78, 5) is 10.8. The minimum atomic E-state index is -3.82. The van der Waals surface area contributed by atoms with E-state index < -0.39 is 15.0 Å². The second-order valence-electron chi connectivity index (χ2n) is 2.83. The van der Waals surface area contributed by atoms with Crippen LogP contribution in [0, 0.1) is 0 Å². The van der Waals surface area contributed by atoms with Crippen molar-refractivity contribution in [2.24, 2.45) is 0 Å². The third kappa shape index (κ3) is 3.36. The van der Waals surface area contributed by atoms with E-state index in [9.17, 15) is 13.2 Å². The standard InChI is InChI=1S/C10H9ClO4S/c1-15-10(12)7-6-8-4-2-3-5-9(8)16(11,13)14/h2-7H,1H3. The van der Waals surface area contributed by atoms with Gasteiger partial charge in [0.05, 0.1) is 12.0 Å². The van der Waals surface area contributed by atoms with Crippen molar-refractivity contribution in [1.29, 1.82) is 0 Å². The number of carbonyl (C=O) groups excluding carboxylic acids is 1. The Hall–Kier alpha value is -1.33. The molecule has 1 rings (SSSR count). The molecule has 4 nitrogen and oxygen atoms in total. The highest BCUT2D eigenvalue weighted by molar-refractivity contribution is 8.13. The Bertz CT molecular complexity index is 519. The zero-order valence-electron chi connectivity index (χ0n) is 8.38. The van der Waals surface area contributed by atoms with Gasteiger partial charge in [-0.3, -0.25) is 0 Å². The van der Waals surface area contributed by atoms with Gasteiger partial charge in [-0.1, -0.05) is 18.2 Å².